The molecule has 0 saturated carbocycles. The van der Waals surface area contributed by atoms with E-state index in [0.717, 1.165) is 18.3 Å². The molecule has 0 amide bonds. The van der Waals surface area contributed by atoms with Gasteiger partial charge in [0, 0.05) is 18.3 Å². The first-order valence-corrected chi connectivity index (χ1v) is 8.10. The molecule has 0 bridgehead atoms. The smallest absolute Gasteiger partial charge is 0.234 e. The van der Waals surface area contributed by atoms with E-state index in [1.807, 2.05) is 48.5 Å². The fraction of sp³-hybridized carbons (Fsp3) is 0. The largest absolute Gasteiger partial charge is 0.285 e. The van der Waals surface area contributed by atoms with Crippen LogP contribution in [0.2, 0.25) is 0 Å². The van der Waals surface area contributed by atoms with Gasteiger partial charge in [-0.15, -0.1) is 0 Å². The van der Waals surface area contributed by atoms with Crippen LogP contribution in [0.5, 0.6) is 0 Å². The third kappa shape index (κ3) is 2.14. The maximum Gasteiger partial charge on any atom is 0.234 e. The zero-order valence-electron chi connectivity index (χ0n) is 10.2. The van der Waals surface area contributed by atoms with Gasteiger partial charge in [0.2, 0.25) is 10.9 Å². The van der Waals surface area contributed by atoms with Gasteiger partial charge >= 0.3 is 0 Å². The fourth-order valence-electron chi connectivity index (χ4n) is 2.23. The van der Waals surface area contributed by atoms with Crippen molar-refractivity contribution in [1.82, 2.24) is 0 Å². The highest BCUT2D eigenvalue weighted by Gasteiger charge is 2.25. The highest BCUT2D eigenvalue weighted by atomic mass is 127. The van der Waals surface area contributed by atoms with E-state index in [4.69, 9.17) is 0 Å². The monoisotopic (exact) mass is 486 g/mol. The van der Waals surface area contributed by atoms with Gasteiger partial charge in [-0.2, -0.15) is 0 Å². The van der Waals surface area contributed by atoms with Gasteiger partial charge in [0.1, 0.15) is 0 Å². The molecule has 3 aromatic rings. The van der Waals surface area contributed by atoms with Crippen LogP contribution in [0.15, 0.2) is 58.1 Å². The maximum absolute atomic E-state index is 12.0. The topological polar surface area (TPSA) is 34.1 Å². The molecule has 3 rings (SSSR count). The summed E-state index contributed by atoms with van der Waals surface area (Å²) < 4.78 is 1.95. The van der Waals surface area contributed by atoms with Crippen molar-refractivity contribution < 1.29 is 0 Å². The Morgan fingerprint density at radius 1 is 0.600 bits per heavy atom. The average molecular weight is 486 g/mol. The minimum atomic E-state index is -0.385. The highest BCUT2D eigenvalue weighted by molar-refractivity contribution is 14.1. The lowest BCUT2D eigenvalue weighted by Gasteiger charge is -2.14. The molecule has 3 aromatic carbocycles. The van der Waals surface area contributed by atoms with Crippen LogP contribution in [0.25, 0.3) is 22.3 Å². The second-order valence-electron chi connectivity index (χ2n) is 4.37. The lowest BCUT2D eigenvalue weighted by molar-refractivity contribution is 1.38. The molecule has 0 aliphatic carbocycles. The molecule has 4 heteroatoms. The van der Waals surface area contributed by atoms with Crippen LogP contribution in [-0.4, -0.2) is 0 Å². The summed E-state index contributed by atoms with van der Waals surface area (Å²) in [6.07, 6.45) is 0. The molecule has 0 aliphatic heterocycles. The minimum absolute atomic E-state index is 0.385. The van der Waals surface area contributed by atoms with Crippen LogP contribution >= 0.6 is 45.2 Å². The molecule has 0 aromatic heterocycles. The molecule has 0 spiro atoms. The van der Waals surface area contributed by atoms with E-state index in [9.17, 15) is 9.59 Å². The second-order valence-corrected chi connectivity index (χ2v) is 6.69. The highest BCUT2D eigenvalue weighted by Crippen LogP contribution is 2.33. The first-order valence-electron chi connectivity index (χ1n) is 5.94. The Morgan fingerprint density at radius 3 is 1.30 bits per heavy atom. The SMILES string of the molecule is O=c1c(-c2ccccc2I)c(-c2ccccc2I)c1=O. The molecule has 0 N–H and O–H groups in total. The number of halogens is 2. The predicted octanol–water partition coefficient (Wildman–Crippen LogP) is 3.83. The molecule has 0 saturated heterocycles. The Kier molecular flexibility index (Phi) is 3.76. The summed E-state index contributed by atoms with van der Waals surface area (Å²) in [7, 11) is 0. The van der Waals surface area contributed by atoms with E-state index in [2.05, 4.69) is 45.2 Å². The van der Waals surface area contributed by atoms with E-state index in [1.165, 1.54) is 0 Å². The van der Waals surface area contributed by atoms with Gasteiger partial charge in [0.15, 0.2) is 0 Å². The van der Waals surface area contributed by atoms with Gasteiger partial charge < -0.3 is 0 Å². The van der Waals surface area contributed by atoms with E-state index in [-0.39, 0.29) is 10.9 Å². The summed E-state index contributed by atoms with van der Waals surface area (Å²) in [4.78, 5) is 24.0. The van der Waals surface area contributed by atoms with Crippen molar-refractivity contribution >= 4 is 45.2 Å². The molecule has 98 valence electrons. The molecule has 0 aliphatic rings. The van der Waals surface area contributed by atoms with Crippen molar-refractivity contribution in [2.24, 2.45) is 0 Å². The van der Waals surface area contributed by atoms with Crippen LogP contribution in [-0.2, 0) is 0 Å². The molecule has 0 heterocycles. The summed E-state index contributed by atoms with van der Waals surface area (Å²) >= 11 is 4.38. The molecule has 2 nitrogen and oxygen atoms in total. The summed E-state index contributed by atoms with van der Waals surface area (Å²) in [6.45, 7) is 0. The summed E-state index contributed by atoms with van der Waals surface area (Å²) in [6, 6.07) is 15.3. The summed E-state index contributed by atoms with van der Waals surface area (Å²) in [5.74, 6) is 0. The van der Waals surface area contributed by atoms with Gasteiger partial charge in [-0.05, 0) is 68.4 Å². The molecule has 0 radical (unpaired) electrons. The molecule has 0 atom stereocenters. The number of hydrogen-bond donors (Lipinski definition) is 0. The standard InChI is InChI=1S/C16H8I2O2/c17-11-7-3-1-5-9(11)13-14(16(20)15(13)19)10-6-2-4-8-12(10)18/h1-8H. The second kappa shape index (κ2) is 5.40. The number of benzene rings is 2. The zero-order valence-corrected chi connectivity index (χ0v) is 14.5. The Labute approximate surface area is 142 Å². The summed E-state index contributed by atoms with van der Waals surface area (Å²) in [5, 5.41) is 0. The van der Waals surface area contributed by atoms with Gasteiger partial charge in [0.25, 0.3) is 0 Å². The number of hydrogen-bond acceptors (Lipinski definition) is 2. The van der Waals surface area contributed by atoms with Crippen LogP contribution in [0.4, 0.5) is 0 Å². The Bertz CT molecular complexity index is 801. The predicted molar refractivity (Wildman–Crippen MR) is 97.7 cm³/mol. The third-order valence-electron chi connectivity index (χ3n) is 3.20. The molecular formula is C16H8I2O2. The molecule has 0 unspecified atom stereocenters. The quantitative estimate of drug-likeness (QED) is 0.408. The van der Waals surface area contributed by atoms with E-state index in [1.54, 1.807) is 0 Å². The van der Waals surface area contributed by atoms with Crippen LogP contribution in [0, 0.1) is 7.14 Å². The van der Waals surface area contributed by atoms with Crippen LogP contribution in [0.1, 0.15) is 0 Å². The first kappa shape index (κ1) is 13.9. The van der Waals surface area contributed by atoms with Gasteiger partial charge in [-0.1, -0.05) is 36.4 Å². The first-order chi connectivity index (χ1) is 9.61. The lowest BCUT2D eigenvalue weighted by atomic mass is 9.89. The lowest BCUT2D eigenvalue weighted by Crippen LogP contribution is -2.35. The van der Waals surface area contributed by atoms with Crippen molar-refractivity contribution in [3.8, 4) is 22.3 Å². The van der Waals surface area contributed by atoms with E-state index in [0.29, 0.717) is 11.1 Å². The van der Waals surface area contributed by atoms with Crippen LogP contribution < -0.4 is 10.9 Å². The van der Waals surface area contributed by atoms with Crippen molar-refractivity contribution in [1.29, 1.82) is 0 Å². The molecule has 0 fully saturated rings. The average Bonchev–Trinajstić information content (AvgIpc) is 2.46. The van der Waals surface area contributed by atoms with E-state index < -0.39 is 0 Å². The fourth-order valence-corrected chi connectivity index (χ4v) is 3.55. The third-order valence-corrected chi connectivity index (χ3v) is 5.08. The number of rotatable bonds is 2. The van der Waals surface area contributed by atoms with Crippen LogP contribution in [0.3, 0.4) is 0 Å². The Balaban J connectivity index is 2.29. The maximum atomic E-state index is 12.0. The minimum Gasteiger partial charge on any atom is -0.285 e. The van der Waals surface area contributed by atoms with Gasteiger partial charge in [-0.25, -0.2) is 0 Å². The normalized spacial score (nSPS) is 10.9. The van der Waals surface area contributed by atoms with Gasteiger partial charge in [0.05, 0.1) is 0 Å². The van der Waals surface area contributed by atoms with Crippen molar-refractivity contribution in [3.63, 3.8) is 0 Å². The van der Waals surface area contributed by atoms with Gasteiger partial charge in [-0.3, -0.25) is 9.59 Å². The Morgan fingerprint density at radius 2 is 0.950 bits per heavy atom. The van der Waals surface area contributed by atoms with Crippen molar-refractivity contribution in [2.75, 3.05) is 0 Å². The van der Waals surface area contributed by atoms with Crippen molar-refractivity contribution in [2.45, 2.75) is 0 Å². The van der Waals surface area contributed by atoms with Crippen molar-refractivity contribution in [3.05, 3.63) is 76.1 Å². The Hall–Kier alpha value is -1.02. The summed E-state index contributed by atoms with van der Waals surface area (Å²) in [5.41, 5.74) is 2.00. The molecular weight excluding hydrogens is 478 g/mol. The van der Waals surface area contributed by atoms with E-state index >= 15 is 0 Å². The molecule has 20 heavy (non-hydrogen) atoms. The zero-order chi connectivity index (χ0) is 14.3.